The van der Waals surface area contributed by atoms with Gasteiger partial charge in [-0.2, -0.15) is 0 Å². The van der Waals surface area contributed by atoms with Crippen LogP contribution in [0, 0.1) is 5.92 Å². The zero-order chi connectivity index (χ0) is 26.2. The van der Waals surface area contributed by atoms with Gasteiger partial charge in [0.25, 0.3) is 5.91 Å². The summed E-state index contributed by atoms with van der Waals surface area (Å²) in [5.41, 5.74) is 0.965. The van der Waals surface area contributed by atoms with Crippen molar-refractivity contribution in [1.82, 2.24) is 25.1 Å². The van der Waals surface area contributed by atoms with Gasteiger partial charge in [0.2, 0.25) is 5.91 Å². The van der Waals surface area contributed by atoms with Crippen molar-refractivity contribution in [3.05, 3.63) is 42.1 Å². The summed E-state index contributed by atoms with van der Waals surface area (Å²) in [6.07, 6.45) is -0.373. The minimum absolute atomic E-state index is 0.109. The number of nitrogens with zero attached hydrogens (tertiary/aromatic N) is 4. The number of hydrogen-bond donors (Lipinski definition) is 2. The van der Waals surface area contributed by atoms with Gasteiger partial charge in [0.1, 0.15) is 17.6 Å². The Morgan fingerprint density at radius 2 is 1.61 bits per heavy atom. The Balaban J connectivity index is 1.77. The average molecular weight is 497 g/mol. The number of anilines is 1. The molecule has 1 aliphatic heterocycles. The van der Waals surface area contributed by atoms with E-state index in [9.17, 15) is 14.4 Å². The van der Waals surface area contributed by atoms with Crippen LogP contribution in [-0.4, -0.2) is 82.5 Å². The third kappa shape index (κ3) is 6.93. The van der Waals surface area contributed by atoms with Crippen molar-refractivity contribution in [2.45, 2.75) is 46.7 Å². The first-order valence-electron chi connectivity index (χ1n) is 12.4. The second-order valence-corrected chi connectivity index (χ2v) is 9.33. The zero-order valence-corrected chi connectivity index (χ0v) is 21.7. The van der Waals surface area contributed by atoms with Crippen LogP contribution in [0.1, 0.15) is 45.1 Å². The van der Waals surface area contributed by atoms with E-state index in [-0.39, 0.29) is 29.7 Å². The summed E-state index contributed by atoms with van der Waals surface area (Å²) in [6, 6.07) is 10.4. The van der Waals surface area contributed by atoms with Crippen LogP contribution in [0.3, 0.4) is 0 Å². The van der Waals surface area contributed by atoms with Crippen LogP contribution in [0.5, 0.6) is 0 Å². The predicted octanol–water partition coefficient (Wildman–Crippen LogP) is 3.02. The maximum Gasteiger partial charge on any atom is 0.409 e. The molecule has 10 heteroatoms. The molecule has 2 aromatic rings. The summed E-state index contributed by atoms with van der Waals surface area (Å²) in [6.45, 7) is 11.4. The lowest BCUT2D eigenvalue weighted by Gasteiger charge is -2.36. The lowest BCUT2D eigenvalue weighted by Crippen LogP contribution is -2.57. The van der Waals surface area contributed by atoms with Crippen molar-refractivity contribution in [3.8, 4) is 11.4 Å². The summed E-state index contributed by atoms with van der Waals surface area (Å²) in [7, 11) is 0. The highest BCUT2D eigenvalue weighted by Gasteiger charge is 2.32. The van der Waals surface area contributed by atoms with Crippen molar-refractivity contribution in [2.75, 3.05) is 38.1 Å². The molecule has 10 nitrogen and oxygen atoms in total. The number of rotatable bonds is 8. The van der Waals surface area contributed by atoms with Gasteiger partial charge in [-0.3, -0.25) is 9.59 Å². The number of aromatic nitrogens is 2. The lowest BCUT2D eigenvalue weighted by atomic mass is 10.0. The van der Waals surface area contributed by atoms with Gasteiger partial charge in [-0.1, -0.05) is 44.2 Å². The van der Waals surface area contributed by atoms with Gasteiger partial charge in [-0.05, 0) is 26.7 Å². The Bertz CT molecular complexity index is 1050. The second kappa shape index (κ2) is 12.3. The van der Waals surface area contributed by atoms with E-state index >= 15 is 0 Å². The van der Waals surface area contributed by atoms with E-state index in [1.807, 2.05) is 58.0 Å². The number of ether oxygens (including phenoxy) is 1. The molecule has 1 fully saturated rings. The summed E-state index contributed by atoms with van der Waals surface area (Å²) < 4.78 is 5.05. The molecule has 0 radical (unpaired) electrons. The average Bonchev–Trinajstić information content (AvgIpc) is 2.86. The molecule has 2 heterocycles. The second-order valence-electron chi connectivity index (χ2n) is 9.33. The number of hydrogen-bond acceptors (Lipinski definition) is 7. The standard InChI is InChI=1S/C26H36N6O4/c1-6-36-26(35)32-14-12-31(13-15-32)25(34)22(17(2)3)30-24(33)20-16-21(27-18(4)5)29-23(28-20)19-10-8-7-9-11-19/h7-11,16-18,22H,6,12-15H2,1-5H3,(H,30,33)(H,27,28,29)/t22-/m0/s1. The third-order valence-electron chi connectivity index (χ3n) is 5.76. The Hall–Kier alpha value is -3.69. The van der Waals surface area contributed by atoms with Crippen molar-refractivity contribution in [1.29, 1.82) is 0 Å². The van der Waals surface area contributed by atoms with Crippen LogP contribution in [0.2, 0.25) is 0 Å². The largest absolute Gasteiger partial charge is 0.450 e. The van der Waals surface area contributed by atoms with Crippen molar-refractivity contribution >= 4 is 23.7 Å². The van der Waals surface area contributed by atoms with E-state index in [1.54, 1.807) is 22.8 Å². The summed E-state index contributed by atoms with van der Waals surface area (Å²) in [5, 5.41) is 6.12. The fourth-order valence-electron chi connectivity index (χ4n) is 3.90. The highest BCUT2D eigenvalue weighted by atomic mass is 16.6. The minimum atomic E-state index is -0.733. The number of amides is 3. The van der Waals surface area contributed by atoms with Crippen molar-refractivity contribution in [3.63, 3.8) is 0 Å². The maximum atomic E-state index is 13.3. The van der Waals surface area contributed by atoms with E-state index in [0.29, 0.717) is 44.4 Å². The molecule has 1 aromatic carbocycles. The molecule has 3 rings (SSSR count). The van der Waals surface area contributed by atoms with Crippen LogP contribution in [0.15, 0.2) is 36.4 Å². The van der Waals surface area contributed by atoms with E-state index in [2.05, 4.69) is 20.6 Å². The van der Waals surface area contributed by atoms with E-state index in [1.165, 1.54) is 0 Å². The fourth-order valence-corrected chi connectivity index (χ4v) is 3.90. The Labute approximate surface area is 212 Å². The van der Waals surface area contributed by atoms with Crippen molar-refractivity contribution in [2.24, 2.45) is 5.92 Å². The number of piperazine rings is 1. The van der Waals surface area contributed by atoms with Gasteiger partial charge in [-0.15, -0.1) is 0 Å². The first kappa shape index (κ1) is 26.9. The van der Waals surface area contributed by atoms with Crippen LogP contribution >= 0.6 is 0 Å². The third-order valence-corrected chi connectivity index (χ3v) is 5.76. The van der Waals surface area contributed by atoms with E-state index in [4.69, 9.17) is 4.74 Å². The molecule has 0 bridgehead atoms. The van der Waals surface area contributed by atoms with Gasteiger partial charge < -0.3 is 25.2 Å². The topological polar surface area (TPSA) is 117 Å². The van der Waals surface area contributed by atoms with Crippen molar-refractivity contribution < 1.29 is 19.1 Å². The number of benzene rings is 1. The molecule has 1 aliphatic rings. The Morgan fingerprint density at radius 1 is 0.972 bits per heavy atom. The molecule has 0 unspecified atom stereocenters. The maximum absolute atomic E-state index is 13.3. The highest BCUT2D eigenvalue weighted by Crippen LogP contribution is 2.19. The molecule has 1 saturated heterocycles. The summed E-state index contributed by atoms with van der Waals surface area (Å²) in [4.78, 5) is 51.0. The molecular formula is C26H36N6O4. The van der Waals surface area contributed by atoms with Gasteiger partial charge in [-0.25, -0.2) is 14.8 Å². The van der Waals surface area contributed by atoms with Crippen LogP contribution in [0.4, 0.5) is 10.6 Å². The molecule has 1 aromatic heterocycles. The molecular weight excluding hydrogens is 460 g/mol. The fraction of sp³-hybridized carbons (Fsp3) is 0.500. The molecule has 1 atom stereocenters. The number of carbonyl (C=O) groups excluding carboxylic acids is 3. The smallest absolute Gasteiger partial charge is 0.409 e. The monoisotopic (exact) mass is 496 g/mol. The highest BCUT2D eigenvalue weighted by molar-refractivity contribution is 5.97. The van der Waals surface area contributed by atoms with Gasteiger partial charge >= 0.3 is 6.09 Å². The summed E-state index contributed by atoms with van der Waals surface area (Å²) >= 11 is 0. The minimum Gasteiger partial charge on any atom is -0.450 e. The molecule has 2 N–H and O–H groups in total. The van der Waals surface area contributed by atoms with E-state index < -0.39 is 11.9 Å². The van der Waals surface area contributed by atoms with Gasteiger partial charge in [0.05, 0.1) is 6.61 Å². The first-order valence-corrected chi connectivity index (χ1v) is 12.4. The Kier molecular flexibility index (Phi) is 9.21. The molecule has 0 spiro atoms. The molecule has 0 saturated carbocycles. The van der Waals surface area contributed by atoms with Gasteiger partial charge in [0.15, 0.2) is 5.82 Å². The molecule has 194 valence electrons. The number of carbonyl (C=O) groups is 3. The molecule has 0 aliphatic carbocycles. The normalized spacial score (nSPS) is 14.5. The predicted molar refractivity (Wildman–Crippen MR) is 137 cm³/mol. The zero-order valence-electron chi connectivity index (χ0n) is 21.7. The first-order chi connectivity index (χ1) is 17.2. The Morgan fingerprint density at radius 3 is 2.19 bits per heavy atom. The SMILES string of the molecule is CCOC(=O)N1CCN(C(=O)[C@@H](NC(=O)c2cc(NC(C)C)nc(-c3ccccc3)n2)C(C)C)CC1. The van der Waals surface area contributed by atoms with Gasteiger partial charge in [0, 0.05) is 43.9 Å². The van der Waals surface area contributed by atoms with Crippen LogP contribution in [-0.2, 0) is 9.53 Å². The van der Waals surface area contributed by atoms with E-state index in [0.717, 1.165) is 5.56 Å². The number of nitrogens with one attached hydrogen (secondary N) is 2. The van der Waals surface area contributed by atoms with Crippen LogP contribution < -0.4 is 10.6 Å². The lowest BCUT2D eigenvalue weighted by molar-refractivity contribution is -0.135. The summed E-state index contributed by atoms with van der Waals surface area (Å²) in [5.74, 6) is 0.187. The molecule has 36 heavy (non-hydrogen) atoms. The molecule has 3 amide bonds. The quantitative estimate of drug-likeness (QED) is 0.577. The van der Waals surface area contributed by atoms with Crippen LogP contribution in [0.25, 0.3) is 11.4 Å².